The van der Waals surface area contributed by atoms with E-state index < -0.39 is 0 Å². The van der Waals surface area contributed by atoms with Gasteiger partial charge in [-0.15, -0.1) is 24.8 Å². The van der Waals surface area contributed by atoms with Crippen LogP contribution in [0.1, 0.15) is 18.5 Å². The number of hydrogen-bond donors (Lipinski definition) is 1. The minimum Gasteiger partial charge on any atom is -0.353 e. The third-order valence-electron chi connectivity index (χ3n) is 4.13. The Morgan fingerprint density at radius 2 is 1.96 bits per heavy atom. The lowest BCUT2D eigenvalue weighted by molar-refractivity contribution is -0.131. The number of anilines is 1. The molecule has 10 heteroatoms. The first kappa shape index (κ1) is 21.4. The van der Waals surface area contributed by atoms with Gasteiger partial charge in [-0.1, -0.05) is 0 Å². The van der Waals surface area contributed by atoms with E-state index in [1.165, 1.54) is 6.33 Å². The van der Waals surface area contributed by atoms with Crippen LogP contribution in [0.15, 0.2) is 12.4 Å². The minimum atomic E-state index is 0. The van der Waals surface area contributed by atoms with Gasteiger partial charge >= 0.3 is 0 Å². The van der Waals surface area contributed by atoms with Crippen LogP contribution in [0, 0.1) is 6.92 Å². The molecular weight excluding hydrogens is 365 g/mol. The number of nitrogens with one attached hydrogen (secondary N) is 1. The van der Waals surface area contributed by atoms with Crippen molar-refractivity contribution in [1.29, 1.82) is 0 Å². The molecular formula is C15H25Cl2N7O. The van der Waals surface area contributed by atoms with Gasteiger partial charge in [0.25, 0.3) is 5.78 Å². The largest absolute Gasteiger partial charge is 0.353 e. The van der Waals surface area contributed by atoms with E-state index in [2.05, 4.69) is 25.3 Å². The molecule has 1 fully saturated rings. The molecule has 0 radical (unpaired) electrons. The molecule has 1 N–H and O–H groups in total. The Morgan fingerprint density at radius 3 is 2.64 bits per heavy atom. The molecule has 0 bridgehead atoms. The van der Waals surface area contributed by atoms with Gasteiger partial charge in [0.15, 0.2) is 0 Å². The van der Waals surface area contributed by atoms with Crippen molar-refractivity contribution in [3.05, 3.63) is 18.1 Å². The fourth-order valence-corrected chi connectivity index (χ4v) is 2.90. The summed E-state index contributed by atoms with van der Waals surface area (Å²) in [5, 5.41) is 7.33. The Labute approximate surface area is 159 Å². The monoisotopic (exact) mass is 389 g/mol. The number of amides is 1. The standard InChI is InChI=1S/C15H23N7O.2ClH/c1-12-10-13(22-15(19-12)17-11-18-22)20-6-8-21(9-7-20)14(23)4-3-5-16-2;;/h10-11,16H,3-9H2,1-2H3;2*1H. The maximum Gasteiger partial charge on any atom is 0.254 e. The molecule has 25 heavy (non-hydrogen) atoms. The number of nitrogens with zero attached hydrogens (tertiary/aromatic N) is 6. The number of fused-ring (bicyclic) bond motifs is 1. The van der Waals surface area contributed by atoms with Crippen molar-refractivity contribution in [2.24, 2.45) is 0 Å². The zero-order chi connectivity index (χ0) is 16.2. The molecule has 3 heterocycles. The fourth-order valence-electron chi connectivity index (χ4n) is 2.90. The first-order valence-electron chi connectivity index (χ1n) is 8.04. The van der Waals surface area contributed by atoms with E-state index in [1.54, 1.807) is 4.52 Å². The van der Waals surface area contributed by atoms with Gasteiger partial charge in [-0.3, -0.25) is 4.79 Å². The summed E-state index contributed by atoms with van der Waals surface area (Å²) < 4.78 is 1.76. The molecule has 1 saturated heterocycles. The van der Waals surface area contributed by atoms with Crippen LogP contribution in [0.25, 0.3) is 5.78 Å². The van der Waals surface area contributed by atoms with Crippen LogP contribution < -0.4 is 10.2 Å². The fraction of sp³-hybridized carbons (Fsp3) is 0.600. The van der Waals surface area contributed by atoms with Crippen molar-refractivity contribution in [2.45, 2.75) is 19.8 Å². The van der Waals surface area contributed by atoms with Crippen LogP contribution in [-0.4, -0.2) is 70.2 Å². The van der Waals surface area contributed by atoms with E-state index in [9.17, 15) is 4.79 Å². The van der Waals surface area contributed by atoms with Gasteiger partial charge in [-0.2, -0.15) is 14.6 Å². The number of halogens is 2. The van der Waals surface area contributed by atoms with Crippen LogP contribution in [0.2, 0.25) is 0 Å². The van der Waals surface area contributed by atoms with Gasteiger partial charge in [-0.25, -0.2) is 4.98 Å². The van der Waals surface area contributed by atoms with Gasteiger partial charge in [0, 0.05) is 44.4 Å². The minimum absolute atomic E-state index is 0. The van der Waals surface area contributed by atoms with Crippen LogP contribution in [0.3, 0.4) is 0 Å². The third-order valence-corrected chi connectivity index (χ3v) is 4.13. The summed E-state index contributed by atoms with van der Waals surface area (Å²) in [5.74, 6) is 1.86. The second-order valence-electron chi connectivity index (χ2n) is 5.80. The van der Waals surface area contributed by atoms with Crippen LogP contribution >= 0.6 is 24.8 Å². The summed E-state index contributed by atoms with van der Waals surface area (Å²) in [4.78, 5) is 24.9. The Morgan fingerprint density at radius 1 is 1.24 bits per heavy atom. The Kier molecular flexibility index (Phi) is 8.34. The van der Waals surface area contributed by atoms with E-state index >= 15 is 0 Å². The molecule has 0 saturated carbocycles. The number of carbonyl (C=O) groups is 1. The molecule has 0 atom stereocenters. The number of carbonyl (C=O) groups excluding carboxylic acids is 1. The predicted octanol–water partition coefficient (Wildman–Crippen LogP) is 0.925. The summed E-state index contributed by atoms with van der Waals surface area (Å²) in [5.41, 5.74) is 0.922. The van der Waals surface area contributed by atoms with Crippen molar-refractivity contribution < 1.29 is 4.79 Å². The number of rotatable bonds is 5. The molecule has 0 aliphatic carbocycles. The maximum atomic E-state index is 12.2. The molecule has 140 valence electrons. The van der Waals surface area contributed by atoms with Crippen LogP contribution in [0.4, 0.5) is 5.82 Å². The van der Waals surface area contributed by atoms with E-state index in [4.69, 9.17) is 0 Å². The smallest absolute Gasteiger partial charge is 0.254 e. The van der Waals surface area contributed by atoms with Crippen molar-refractivity contribution >= 4 is 42.3 Å². The number of aryl methyl sites for hydroxylation is 1. The maximum absolute atomic E-state index is 12.2. The van der Waals surface area contributed by atoms with Crippen molar-refractivity contribution in [3.8, 4) is 0 Å². The normalized spacial score (nSPS) is 14.2. The van der Waals surface area contributed by atoms with Crippen molar-refractivity contribution in [1.82, 2.24) is 29.8 Å². The number of piperazine rings is 1. The predicted molar refractivity (Wildman–Crippen MR) is 102 cm³/mol. The average molecular weight is 390 g/mol. The first-order valence-corrected chi connectivity index (χ1v) is 8.04. The highest BCUT2D eigenvalue weighted by Gasteiger charge is 2.22. The average Bonchev–Trinajstić information content (AvgIpc) is 3.02. The lowest BCUT2D eigenvalue weighted by atomic mass is 10.2. The molecule has 8 nitrogen and oxygen atoms in total. The van der Waals surface area contributed by atoms with Crippen LogP contribution in [0.5, 0.6) is 0 Å². The molecule has 1 amide bonds. The summed E-state index contributed by atoms with van der Waals surface area (Å²) in [6.07, 6.45) is 3.02. The van der Waals surface area contributed by atoms with Crippen molar-refractivity contribution in [2.75, 3.05) is 44.7 Å². The molecule has 0 spiro atoms. The van der Waals surface area contributed by atoms with Crippen LogP contribution in [-0.2, 0) is 4.79 Å². The first-order chi connectivity index (χ1) is 11.2. The molecule has 2 aromatic heterocycles. The molecule has 1 aliphatic heterocycles. The topological polar surface area (TPSA) is 78.7 Å². The Bertz CT molecular complexity index is 686. The summed E-state index contributed by atoms with van der Waals surface area (Å²) >= 11 is 0. The highest BCUT2D eigenvalue weighted by Crippen LogP contribution is 2.18. The Balaban J connectivity index is 0.00000156. The zero-order valence-corrected chi connectivity index (χ0v) is 16.1. The number of hydrogen-bond acceptors (Lipinski definition) is 6. The molecule has 0 aromatic carbocycles. The summed E-state index contributed by atoms with van der Waals surface area (Å²) in [6.45, 7) is 5.93. The Hall–Kier alpha value is -1.64. The number of aromatic nitrogens is 4. The highest BCUT2D eigenvalue weighted by atomic mass is 35.5. The van der Waals surface area contributed by atoms with Gasteiger partial charge in [0.1, 0.15) is 12.1 Å². The third kappa shape index (κ3) is 4.93. The molecule has 0 unspecified atom stereocenters. The van der Waals surface area contributed by atoms with E-state index in [1.807, 2.05) is 24.9 Å². The van der Waals surface area contributed by atoms with E-state index in [-0.39, 0.29) is 30.7 Å². The van der Waals surface area contributed by atoms with Gasteiger partial charge in [-0.05, 0) is 26.9 Å². The van der Waals surface area contributed by atoms with E-state index in [0.717, 1.165) is 50.7 Å². The van der Waals surface area contributed by atoms with Gasteiger partial charge in [0.2, 0.25) is 5.91 Å². The molecule has 3 rings (SSSR count). The highest BCUT2D eigenvalue weighted by molar-refractivity contribution is 5.85. The molecule has 1 aliphatic rings. The SMILES string of the molecule is CNCCCC(=O)N1CCN(c2cc(C)nc3ncnn23)CC1.Cl.Cl. The second kappa shape index (κ2) is 9.74. The second-order valence-corrected chi connectivity index (χ2v) is 5.80. The van der Waals surface area contributed by atoms with E-state index in [0.29, 0.717) is 12.2 Å². The quantitative estimate of drug-likeness (QED) is 0.766. The summed E-state index contributed by atoms with van der Waals surface area (Å²) in [6, 6.07) is 2.02. The van der Waals surface area contributed by atoms with Gasteiger partial charge < -0.3 is 15.1 Å². The summed E-state index contributed by atoms with van der Waals surface area (Å²) in [7, 11) is 1.91. The van der Waals surface area contributed by atoms with Gasteiger partial charge in [0.05, 0.1) is 0 Å². The van der Waals surface area contributed by atoms with Crippen molar-refractivity contribution in [3.63, 3.8) is 0 Å². The zero-order valence-electron chi connectivity index (χ0n) is 14.5. The lowest BCUT2D eigenvalue weighted by Gasteiger charge is -2.36. The molecule has 2 aromatic rings. The lowest BCUT2D eigenvalue weighted by Crippen LogP contribution is -2.49.